The van der Waals surface area contributed by atoms with E-state index in [2.05, 4.69) is 11.4 Å². The van der Waals surface area contributed by atoms with E-state index in [4.69, 9.17) is 9.47 Å². The van der Waals surface area contributed by atoms with E-state index in [9.17, 15) is 4.79 Å². The van der Waals surface area contributed by atoms with Crippen molar-refractivity contribution in [3.8, 4) is 11.5 Å². The predicted octanol–water partition coefficient (Wildman–Crippen LogP) is 2.98. The highest BCUT2D eigenvalue weighted by atomic mass is 16.5. The van der Waals surface area contributed by atoms with E-state index in [1.807, 2.05) is 31.2 Å². The Hall–Kier alpha value is -2.49. The van der Waals surface area contributed by atoms with Crippen LogP contribution in [-0.2, 0) is 6.42 Å². The van der Waals surface area contributed by atoms with Crippen LogP contribution in [-0.4, -0.2) is 26.7 Å². The molecule has 0 unspecified atom stereocenters. The van der Waals surface area contributed by atoms with Crippen LogP contribution in [0.5, 0.6) is 11.5 Å². The molecule has 0 aromatic heterocycles. The second-order valence-electron chi connectivity index (χ2n) is 5.02. The smallest absolute Gasteiger partial charge is 0.255 e. The lowest BCUT2D eigenvalue weighted by Crippen LogP contribution is -2.26. The monoisotopic (exact) mass is 299 g/mol. The average molecular weight is 299 g/mol. The van der Waals surface area contributed by atoms with Crippen LogP contribution in [0.2, 0.25) is 0 Å². The van der Waals surface area contributed by atoms with Gasteiger partial charge in [-0.25, -0.2) is 0 Å². The Balaban J connectivity index is 1.99. The Morgan fingerprint density at radius 2 is 1.77 bits per heavy atom. The fourth-order valence-electron chi connectivity index (χ4n) is 2.34. The molecule has 2 aromatic rings. The van der Waals surface area contributed by atoms with Gasteiger partial charge in [-0.1, -0.05) is 29.8 Å². The Morgan fingerprint density at radius 1 is 1.05 bits per heavy atom. The average Bonchev–Trinajstić information content (AvgIpc) is 2.55. The van der Waals surface area contributed by atoms with Gasteiger partial charge in [0.05, 0.1) is 19.8 Å². The minimum Gasteiger partial charge on any atom is -0.496 e. The lowest BCUT2D eigenvalue weighted by molar-refractivity contribution is 0.0951. The van der Waals surface area contributed by atoms with Gasteiger partial charge in [-0.3, -0.25) is 4.79 Å². The molecule has 0 aliphatic carbocycles. The van der Waals surface area contributed by atoms with Crippen molar-refractivity contribution in [2.45, 2.75) is 13.3 Å². The molecule has 1 N–H and O–H groups in total. The summed E-state index contributed by atoms with van der Waals surface area (Å²) in [5.74, 6) is 1.29. The van der Waals surface area contributed by atoms with Gasteiger partial charge in [-0.05, 0) is 37.1 Å². The predicted molar refractivity (Wildman–Crippen MR) is 86.8 cm³/mol. The van der Waals surface area contributed by atoms with Crippen LogP contribution in [0.1, 0.15) is 21.5 Å². The summed E-state index contributed by atoms with van der Waals surface area (Å²) in [7, 11) is 3.21. The van der Waals surface area contributed by atoms with E-state index in [0.29, 0.717) is 24.3 Å². The number of ether oxygens (including phenoxy) is 2. The largest absolute Gasteiger partial charge is 0.496 e. The Bertz CT molecular complexity index is 653. The van der Waals surface area contributed by atoms with Crippen molar-refractivity contribution in [2.24, 2.45) is 0 Å². The number of carbonyl (C=O) groups excluding carboxylic acids is 1. The summed E-state index contributed by atoms with van der Waals surface area (Å²) < 4.78 is 10.5. The molecule has 4 nitrogen and oxygen atoms in total. The van der Waals surface area contributed by atoms with Crippen LogP contribution < -0.4 is 14.8 Å². The van der Waals surface area contributed by atoms with Gasteiger partial charge >= 0.3 is 0 Å². The second-order valence-corrected chi connectivity index (χ2v) is 5.02. The van der Waals surface area contributed by atoms with Gasteiger partial charge in [0.15, 0.2) is 0 Å². The van der Waals surface area contributed by atoms with E-state index < -0.39 is 0 Å². The molecular weight excluding hydrogens is 278 g/mol. The summed E-state index contributed by atoms with van der Waals surface area (Å²) in [6.45, 7) is 2.58. The van der Waals surface area contributed by atoms with E-state index >= 15 is 0 Å². The molecule has 0 radical (unpaired) electrons. The molecule has 1 amide bonds. The van der Waals surface area contributed by atoms with E-state index in [1.165, 1.54) is 5.56 Å². The standard InChI is InChI=1S/C18H21NO3/c1-13-8-9-16(21-2)14(12-13)10-11-19-18(20)15-6-4-5-7-17(15)22-3/h4-9,12H,10-11H2,1-3H3,(H,19,20). The normalized spacial score (nSPS) is 10.1. The summed E-state index contributed by atoms with van der Waals surface area (Å²) >= 11 is 0. The summed E-state index contributed by atoms with van der Waals surface area (Å²) in [6, 6.07) is 13.2. The fourth-order valence-corrected chi connectivity index (χ4v) is 2.34. The van der Waals surface area contributed by atoms with Gasteiger partial charge in [0.1, 0.15) is 11.5 Å². The van der Waals surface area contributed by atoms with Crippen molar-refractivity contribution in [2.75, 3.05) is 20.8 Å². The first kappa shape index (κ1) is 15.9. The van der Waals surface area contributed by atoms with Crippen LogP contribution in [0.4, 0.5) is 0 Å². The topological polar surface area (TPSA) is 47.6 Å². The Morgan fingerprint density at radius 3 is 2.50 bits per heavy atom. The van der Waals surface area contributed by atoms with Crippen LogP contribution in [0, 0.1) is 6.92 Å². The highest BCUT2D eigenvalue weighted by Gasteiger charge is 2.11. The zero-order valence-electron chi connectivity index (χ0n) is 13.2. The van der Waals surface area contributed by atoms with Gasteiger partial charge in [0, 0.05) is 6.54 Å². The van der Waals surface area contributed by atoms with E-state index in [-0.39, 0.29) is 5.91 Å². The summed E-state index contributed by atoms with van der Waals surface area (Å²) in [6.07, 6.45) is 0.714. The van der Waals surface area contributed by atoms with Gasteiger partial charge < -0.3 is 14.8 Å². The number of benzene rings is 2. The van der Waals surface area contributed by atoms with Crippen molar-refractivity contribution >= 4 is 5.91 Å². The highest BCUT2D eigenvalue weighted by Crippen LogP contribution is 2.20. The van der Waals surface area contributed by atoms with Crippen molar-refractivity contribution in [1.29, 1.82) is 0 Å². The molecule has 4 heteroatoms. The number of nitrogens with one attached hydrogen (secondary N) is 1. The molecule has 0 aliphatic heterocycles. The number of hydrogen-bond donors (Lipinski definition) is 1. The number of para-hydroxylation sites is 1. The minimum absolute atomic E-state index is 0.135. The molecule has 2 rings (SSSR count). The first-order valence-electron chi connectivity index (χ1n) is 7.20. The lowest BCUT2D eigenvalue weighted by Gasteiger charge is -2.11. The maximum Gasteiger partial charge on any atom is 0.255 e. The number of methoxy groups -OCH3 is 2. The quantitative estimate of drug-likeness (QED) is 0.892. The zero-order valence-corrected chi connectivity index (χ0v) is 13.2. The molecule has 0 fully saturated rings. The first-order chi connectivity index (χ1) is 10.7. The van der Waals surface area contributed by atoms with Crippen LogP contribution in [0.3, 0.4) is 0 Å². The van der Waals surface area contributed by atoms with Gasteiger partial charge in [0.25, 0.3) is 5.91 Å². The van der Waals surface area contributed by atoms with Crippen molar-refractivity contribution in [3.05, 3.63) is 59.2 Å². The van der Waals surface area contributed by atoms with E-state index in [0.717, 1.165) is 11.3 Å². The van der Waals surface area contributed by atoms with Crippen molar-refractivity contribution in [3.63, 3.8) is 0 Å². The number of carbonyl (C=O) groups is 1. The van der Waals surface area contributed by atoms with Gasteiger partial charge in [-0.15, -0.1) is 0 Å². The molecular formula is C18H21NO3. The molecule has 0 aliphatic rings. The Labute approximate surface area is 131 Å². The van der Waals surface area contributed by atoms with Crippen LogP contribution >= 0.6 is 0 Å². The summed E-state index contributed by atoms with van der Waals surface area (Å²) in [5.41, 5.74) is 2.80. The Kier molecular flexibility index (Phi) is 5.42. The van der Waals surface area contributed by atoms with Crippen LogP contribution in [0.15, 0.2) is 42.5 Å². The molecule has 0 bridgehead atoms. The molecule has 0 heterocycles. The minimum atomic E-state index is -0.135. The molecule has 0 spiro atoms. The van der Waals surface area contributed by atoms with Crippen molar-refractivity contribution < 1.29 is 14.3 Å². The maximum atomic E-state index is 12.2. The fraction of sp³-hybridized carbons (Fsp3) is 0.278. The van der Waals surface area contributed by atoms with Crippen molar-refractivity contribution in [1.82, 2.24) is 5.32 Å². The molecule has 22 heavy (non-hydrogen) atoms. The van der Waals surface area contributed by atoms with Gasteiger partial charge in [-0.2, -0.15) is 0 Å². The SMILES string of the molecule is COc1ccc(C)cc1CCNC(=O)c1ccccc1OC. The molecule has 0 saturated heterocycles. The third-order valence-corrected chi connectivity index (χ3v) is 3.47. The lowest BCUT2D eigenvalue weighted by atomic mass is 10.1. The zero-order chi connectivity index (χ0) is 15.9. The third-order valence-electron chi connectivity index (χ3n) is 3.47. The third kappa shape index (κ3) is 3.79. The van der Waals surface area contributed by atoms with Gasteiger partial charge in [0.2, 0.25) is 0 Å². The molecule has 0 atom stereocenters. The maximum absolute atomic E-state index is 12.2. The number of hydrogen-bond acceptors (Lipinski definition) is 3. The number of rotatable bonds is 6. The van der Waals surface area contributed by atoms with E-state index in [1.54, 1.807) is 26.4 Å². The summed E-state index contributed by atoms with van der Waals surface area (Å²) in [5, 5.41) is 2.92. The van der Waals surface area contributed by atoms with Crippen LogP contribution in [0.25, 0.3) is 0 Å². The highest BCUT2D eigenvalue weighted by molar-refractivity contribution is 5.96. The molecule has 0 saturated carbocycles. The summed E-state index contributed by atoms with van der Waals surface area (Å²) in [4.78, 5) is 12.2. The number of amides is 1. The number of aryl methyl sites for hydroxylation is 1. The second kappa shape index (κ2) is 7.50. The first-order valence-corrected chi connectivity index (χ1v) is 7.20. The molecule has 2 aromatic carbocycles. The molecule has 116 valence electrons.